The van der Waals surface area contributed by atoms with E-state index in [-0.39, 0.29) is 0 Å². The third-order valence-electron chi connectivity index (χ3n) is 3.20. The second kappa shape index (κ2) is 6.49. The number of amides is 1. The lowest BCUT2D eigenvalue weighted by Crippen LogP contribution is -2.21. The maximum atomic E-state index is 11.4. The third-order valence-corrected chi connectivity index (χ3v) is 3.20. The summed E-state index contributed by atoms with van der Waals surface area (Å²) in [7, 11) is 1.68. The topological polar surface area (TPSA) is 78.9 Å². The van der Waals surface area contributed by atoms with Crippen molar-refractivity contribution in [2.45, 2.75) is 19.5 Å². The van der Waals surface area contributed by atoms with Gasteiger partial charge in [-0.2, -0.15) is 0 Å². The molecule has 1 aromatic rings. The van der Waals surface area contributed by atoms with Gasteiger partial charge >= 0.3 is 5.97 Å². The van der Waals surface area contributed by atoms with Crippen LogP contribution >= 0.6 is 0 Å². The number of aliphatic carboxylic acids is 1. The van der Waals surface area contributed by atoms with E-state index in [0.717, 1.165) is 25.2 Å². The molecule has 0 atom stereocenters. The summed E-state index contributed by atoms with van der Waals surface area (Å²) < 4.78 is 5.06. The predicted molar refractivity (Wildman–Crippen MR) is 73.3 cm³/mol. The Morgan fingerprint density at radius 1 is 1.35 bits per heavy atom. The molecule has 0 unspecified atom stereocenters. The zero-order valence-corrected chi connectivity index (χ0v) is 11.4. The second-order valence-electron chi connectivity index (χ2n) is 4.81. The first-order valence-electron chi connectivity index (χ1n) is 6.43. The van der Waals surface area contributed by atoms with Crippen molar-refractivity contribution in [1.82, 2.24) is 4.90 Å². The van der Waals surface area contributed by atoms with Crippen molar-refractivity contribution in [2.75, 3.05) is 25.6 Å². The summed E-state index contributed by atoms with van der Waals surface area (Å²) in [5.74, 6) is -1.64. The van der Waals surface area contributed by atoms with Gasteiger partial charge in [0.15, 0.2) is 0 Å². The average Bonchev–Trinajstić information content (AvgIpc) is 2.77. The molecule has 108 valence electrons. The number of carbonyl (C=O) groups is 2. The van der Waals surface area contributed by atoms with Gasteiger partial charge in [0.1, 0.15) is 6.42 Å². The maximum Gasteiger partial charge on any atom is 0.312 e. The van der Waals surface area contributed by atoms with Crippen molar-refractivity contribution in [2.24, 2.45) is 0 Å². The van der Waals surface area contributed by atoms with Crippen molar-refractivity contribution in [1.29, 1.82) is 0 Å². The predicted octanol–water partition coefficient (Wildman–Crippen LogP) is 1.06. The third kappa shape index (κ3) is 3.79. The smallest absolute Gasteiger partial charge is 0.312 e. The van der Waals surface area contributed by atoms with Crippen molar-refractivity contribution in [3.63, 3.8) is 0 Å². The molecule has 1 heterocycles. The molecule has 1 amide bonds. The number of carbonyl (C=O) groups excluding carboxylic acids is 1. The first-order valence-corrected chi connectivity index (χ1v) is 6.43. The van der Waals surface area contributed by atoms with Crippen LogP contribution in [0.5, 0.6) is 0 Å². The van der Waals surface area contributed by atoms with Gasteiger partial charge in [0.2, 0.25) is 5.91 Å². The number of anilines is 1. The molecule has 6 heteroatoms. The standard InChI is InChI=1S/C14H18N2O4/c1-20-5-4-16-8-10-2-3-12(6-11(10)9-16)15-13(17)7-14(18)19/h2-3,6H,4-5,7-9H2,1H3,(H,15,17)(H,18,19). The van der Waals surface area contributed by atoms with E-state index in [9.17, 15) is 9.59 Å². The molecule has 20 heavy (non-hydrogen) atoms. The molecule has 1 aliphatic rings. The highest BCUT2D eigenvalue weighted by Crippen LogP contribution is 2.25. The molecule has 0 aliphatic carbocycles. The number of carboxylic acid groups (broad SMARTS) is 1. The zero-order valence-electron chi connectivity index (χ0n) is 11.4. The Morgan fingerprint density at radius 3 is 2.80 bits per heavy atom. The van der Waals surface area contributed by atoms with E-state index < -0.39 is 18.3 Å². The lowest BCUT2D eigenvalue weighted by atomic mass is 10.1. The molecule has 0 saturated heterocycles. The van der Waals surface area contributed by atoms with Gasteiger partial charge in [-0.1, -0.05) is 6.07 Å². The number of hydrogen-bond acceptors (Lipinski definition) is 4. The number of fused-ring (bicyclic) bond motifs is 1. The number of ether oxygens (including phenoxy) is 1. The van der Waals surface area contributed by atoms with Crippen molar-refractivity contribution in [3.05, 3.63) is 29.3 Å². The van der Waals surface area contributed by atoms with Crippen LogP contribution in [0.4, 0.5) is 5.69 Å². The minimum absolute atomic E-state index is 0.508. The van der Waals surface area contributed by atoms with Gasteiger partial charge in [-0.25, -0.2) is 0 Å². The molecule has 6 nitrogen and oxygen atoms in total. The Bertz CT molecular complexity index is 516. The number of methoxy groups -OCH3 is 1. The molecule has 2 rings (SSSR count). The first kappa shape index (κ1) is 14.5. The molecule has 0 radical (unpaired) electrons. The normalized spacial score (nSPS) is 14.1. The lowest BCUT2D eigenvalue weighted by Gasteiger charge is -2.13. The number of nitrogens with one attached hydrogen (secondary N) is 1. The molecule has 0 bridgehead atoms. The van der Waals surface area contributed by atoms with E-state index in [1.54, 1.807) is 13.2 Å². The van der Waals surface area contributed by atoms with Gasteiger partial charge in [0.05, 0.1) is 6.61 Å². The lowest BCUT2D eigenvalue weighted by molar-refractivity contribution is -0.139. The highest BCUT2D eigenvalue weighted by molar-refractivity contribution is 6.01. The fourth-order valence-electron chi connectivity index (χ4n) is 2.26. The Kier molecular flexibility index (Phi) is 4.70. The SMILES string of the molecule is COCCN1Cc2ccc(NC(=O)CC(=O)O)cc2C1. The van der Waals surface area contributed by atoms with Crippen LogP contribution in [-0.4, -0.2) is 42.1 Å². The van der Waals surface area contributed by atoms with E-state index in [0.29, 0.717) is 12.3 Å². The summed E-state index contributed by atoms with van der Waals surface area (Å²) in [4.78, 5) is 24.1. The number of benzene rings is 1. The van der Waals surface area contributed by atoms with Crippen LogP contribution in [0.15, 0.2) is 18.2 Å². The fraction of sp³-hybridized carbons (Fsp3) is 0.429. The maximum absolute atomic E-state index is 11.4. The Morgan fingerprint density at radius 2 is 2.10 bits per heavy atom. The van der Waals surface area contributed by atoms with Gasteiger partial charge in [-0.3, -0.25) is 14.5 Å². The number of rotatable bonds is 6. The molecular formula is C14H18N2O4. The van der Waals surface area contributed by atoms with Gasteiger partial charge < -0.3 is 15.2 Å². The summed E-state index contributed by atoms with van der Waals surface area (Å²) in [5, 5.41) is 11.2. The molecule has 0 aromatic heterocycles. The van der Waals surface area contributed by atoms with Crippen molar-refractivity contribution in [3.8, 4) is 0 Å². The molecular weight excluding hydrogens is 260 g/mol. The molecule has 2 N–H and O–H groups in total. The van der Waals surface area contributed by atoms with Gasteiger partial charge in [0, 0.05) is 32.4 Å². The van der Waals surface area contributed by atoms with Crippen LogP contribution in [-0.2, 0) is 27.4 Å². The van der Waals surface area contributed by atoms with Crippen LogP contribution in [0, 0.1) is 0 Å². The number of nitrogens with zero attached hydrogens (tertiary/aromatic N) is 1. The van der Waals surface area contributed by atoms with E-state index in [2.05, 4.69) is 10.2 Å². The van der Waals surface area contributed by atoms with Crippen LogP contribution in [0.3, 0.4) is 0 Å². The number of carboxylic acids is 1. The van der Waals surface area contributed by atoms with Crippen molar-refractivity contribution < 1.29 is 19.4 Å². The molecule has 0 saturated carbocycles. The fourth-order valence-corrected chi connectivity index (χ4v) is 2.26. The second-order valence-corrected chi connectivity index (χ2v) is 4.81. The Hall–Kier alpha value is -1.92. The zero-order chi connectivity index (χ0) is 14.5. The van der Waals surface area contributed by atoms with E-state index in [1.165, 1.54) is 5.56 Å². The van der Waals surface area contributed by atoms with Crippen LogP contribution in [0.25, 0.3) is 0 Å². The number of hydrogen-bond donors (Lipinski definition) is 2. The van der Waals surface area contributed by atoms with Gasteiger partial charge in [0.25, 0.3) is 0 Å². The molecule has 1 aliphatic heterocycles. The summed E-state index contributed by atoms with van der Waals surface area (Å²) in [6.07, 6.45) is -0.517. The first-order chi connectivity index (χ1) is 9.58. The Balaban J connectivity index is 1.97. The van der Waals surface area contributed by atoms with Crippen LogP contribution in [0.2, 0.25) is 0 Å². The van der Waals surface area contributed by atoms with Gasteiger partial charge in [-0.05, 0) is 23.3 Å². The Labute approximate surface area is 117 Å². The summed E-state index contributed by atoms with van der Waals surface area (Å²) in [5.41, 5.74) is 3.04. The van der Waals surface area contributed by atoms with Crippen LogP contribution < -0.4 is 5.32 Å². The minimum atomic E-state index is -1.13. The molecule has 0 fully saturated rings. The average molecular weight is 278 g/mol. The quantitative estimate of drug-likeness (QED) is 0.761. The molecule has 0 spiro atoms. The summed E-state index contributed by atoms with van der Waals surface area (Å²) in [6, 6.07) is 5.68. The molecule has 1 aromatic carbocycles. The largest absolute Gasteiger partial charge is 0.481 e. The van der Waals surface area contributed by atoms with E-state index in [1.807, 2.05) is 12.1 Å². The van der Waals surface area contributed by atoms with E-state index >= 15 is 0 Å². The highest BCUT2D eigenvalue weighted by Gasteiger charge is 2.19. The summed E-state index contributed by atoms with van der Waals surface area (Å²) in [6.45, 7) is 3.26. The van der Waals surface area contributed by atoms with E-state index in [4.69, 9.17) is 9.84 Å². The minimum Gasteiger partial charge on any atom is -0.481 e. The van der Waals surface area contributed by atoms with Crippen molar-refractivity contribution >= 4 is 17.6 Å². The highest BCUT2D eigenvalue weighted by atomic mass is 16.5. The summed E-state index contributed by atoms with van der Waals surface area (Å²) >= 11 is 0. The monoisotopic (exact) mass is 278 g/mol. The van der Waals surface area contributed by atoms with Gasteiger partial charge in [-0.15, -0.1) is 0 Å². The van der Waals surface area contributed by atoms with Crippen LogP contribution in [0.1, 0.15) is 17.5 Å².